The molecular weight excluding hydrogens is 445 g/mol. The summed E-state index contributed by atoms with van der Waals surface area (Å²) in [5.74, 6) is -5.97. The molecule has 0 amide bonds. The van der Waals surface area contributed by atoms with Crippen LogP contribution in [-0.4, -0.2) is 21.1 Å². The van der Waals surface area contributed by atoms with Gasteiger partial charge in [-0.3, -0.25) is 0 Å². The molecule has 0 rings (SSSR count). The highest BCUT2D eigenvalue weighted by molar-refractivity contribution is 14.1. The van der Waals surface area contributed by atoms with Crippen molar-refractivity contribution in [3.05, 3.63) is 0 Å². The lowest BCUT2D eigenvalue weighted by atomic mass is 10.3. The highest BCUT2D eigenvalue weighted by Crippen LogP contribution is 2.49. The summed E-state index contributed by atoms with van der Waals surface area (Å²) in [6.45, 7) is 0. The van der Waals surface area contributed by atoms with Crippen LogP contribution in [0.4, 0.5) is 43.9 Å². The van der Waals surface area contributed by atoms with Crippen LogP contribution < -0.4 is 0 Å². The van der Waals surface area contributed by atoms with Gasteiger partial charge in [0.25, 0.3) is 0 Å². The molecule has 16 heavy (non-hydrogen) atoms. The second-order valence-electron chi connectivity index (χ2n) is 2.00. The van der Waals surface area contributed by atoms with Gasteiger partial charge in [0.1, 0.15) is 0 Å². The van der Waals surface area contributed by atoms with Gasteiger partial charge in [0.05, 0.1) is 0 Å². The number of hydrogen-bond donors (Lipinski definition) is 0. The maximum Gasteiger partial charge on any atom is 0.460 e. The van der Waals surface area contributed by atoms with Gasteiger partial charge in [0.2, 0.25) is 0 Å². The molecule has 0 fully saturated rings. The Morgan fingerprint density at radius 2 is 0.875 bits per heavy atom. The Labute approximate surface area is 104 Å². The predicted molar refractivity (Wildman–Crippen MR) is 45.0 cm³/mol. The Kier molecular flexibility index (Phi) is 6.41. The van der Waals surface area contributed by atoms with Crippen molar-refractivity contribution in [2.75, 3.05) is 0 Å². The van der Waals surface area contributed by atoms with Crippen molar-refractivity contribution in [1.29, 1.82) is 0 Å². The summed E-state index contributed by atoms with van der Waals surface area (Å²) in [4.78, 5) is 0. The van der Waals surface area contributed by atoms with Crippen molar-refractivity contribution < 1.29 is 43.9 Å². The summed E-state index contributed by atoms with van der Waals surface area (Å²) in [5, 5.41) is -4.19. The van der Waals surface area contributed by atoms with Crippen LogP contribution in [0.15, 0.2) is 0 Å². The molecule has 0 unspecified atom stereocenters. The number of halogens is 12. The molecular formula is C4BrF10I. The summed E-state index contributed by atoms with van der Waals surface area (Å²) in [6, 6.07) is 0. The van der Waals surface area contributed by atoms with Crippen LogP contribution in [0.2, 0.25) is 0 Å². The van der Waals surface area contributed by atoms with Crippen LogP contribution in [-0.2, 0) is 0 Å². The number of hydrogen-bond acceptors (Lipinski definition) is 0. The predicted octanol–water partition coefficient (Wildman–Crippen LogP) is 5.11. The first kappa shape index (κ1) is 18.9. The van der Waals surface area contributed by atoms with Gasteiger partial charge in [0, 0.05) is 38.5 Å². The first-order valence-corrected chi connectivity index (χ1v) is 4.64. The Morgan fingerprint density at radius 3 is 0.875 bits per heavy atom. The normalized spacial score (nSPS) is 14.2. The van der Waals surface area contributed by atoms with Gasteiger partial charge in [0.15, 0.2) is 0 Å². The highest BCUT2D eigenvalue weighted by Gasteiger charge is 2.72. The third-order valence-corrected chi connectivity index (χ3v) is 1.39. The van der Waals surface area contributed by atoms with Crippen molar-refractivity contribution in [3.63, 3.8) is 0 Å². The molecule has 0 aromatic heterocycles. The SMILES string of the molecule is FC(F)(F)Br.FC(F)(F)C(F)(F)C(F)(F)I. The lowest BCUT2D eigenvalue weighted by Crippen LogP contribution is -2.48. The van der Waals surface area contributed by atoms with E-state index in [2.05, 4.69) is 0 Å². The fourth-order valence-electron chi connectivity index (χ4n) is 0.161. The minimum Gasteiger partial charge on any atom is -0.188 e. The van der Waals surface area contributed by atoms with Crippen LogP contribution in [0.5, 0.6) is 0 Å². The maximum atomic E-state index is 11.6. The average Bonchev–Trinajstić information content (AvgIpc) is 1.76. The topological polar surface area (TPSA) is 0 Å². The van der Waals surface area contributed by atoms with Crippen molar-refractivity contribution in [3.8, 4) is 0 Å². The van der Waals surface area contributed by atoms with Crippen LogP contribution >= 0.6 is 38.5 Å². The van der Waals surface area contributed by atoms with Crippen LogP contribution in [0, 0.1) is 0 Å². The zero-order valence-corrected chi connectivity index (χ0v) is 10.3. The number of rotatable bonds is 1. The third kappa shape index (κ3) is 7.73. The zero-order chi connectivity index (χ0) is 14.0. The summed E-state index contributed by atoms with van der Waals surface area (Å²) < 4.78 is 105. The van der Waals surface area contributed by atoms with Crippen molar-refractivity contribution >= 4 is 38.5 Å². The molecule has 0 aromatic carbocycles. The summed E-state index contributed by atoms with van der Waals surface area (Å²) in [5.41, 5.74) is 0. The van der Waals surface area contributed by atoms with Gasteiger partial charge in [-0.15, -0.1) is 0 Å². The second kappa shape index (κ2) is 5.44. The van der Waals surface area contributed by atoms with E-state index in [4.69, 9.17) is 0 Å². The fourth-order valence-corrected chi connectivity index (χ4v) is 0.467. The molecule has 0 radical (unpaired) electrons. The maximum absolute atomic E-state index is 11.6. The summed E-state index contributed by atoms with van der Waals surface area (Å²) in [7, 11) is 0. The molecule has 100 valence electrons. The largest absolute Gasteiger partial charge is 0.460 e. The van der Waals surface area contributed by atoms with E-state index in [1.54, 1.807) is 0 Å². The first-order valence-electron chi connectivity index (χ1n) is 2.77. The standard InChI is InChI=1S/C3F7I.CBrF3/c4-1(5,2(6,7)8)3(9,10)11;2-1(3,4)5. The molecule has 0 saturated carbocycles. The van der Waals surface area contributed by atoms with E-state index in [1.807, 2.05) is 0 Å². The first-order chi connectivity index (χ1) is 6.50. The van der Waals surface area contributed by atoms with Gasteiger partial charge in [-0.05, 0) is 0 Å². The van der Waals surface area contributed by atoms with E-state index in [0.29, 0.717) is 0 Å². The molecule has 0 saturated heterocycles. The van der Waals surface area contributed by atoms with Crippen LogP contribution in [0.25, 0.3) is 0 Å². The Morgan fingerprint density at radius 1 is 0.688 bits per heavy atom. The molecule has 0 spiro atoms. The van der Waals surface area contributed by atoms with Gasteiger partial charge in [-0.25, -0.2) is 0 Å². The number of alkyl halides is 12. The molecule has 0 heterocycles. The average molecular weight is 445 g/mol. The Hall–Kier alpha value is 0.510. The third-order valence-electron chi connectivity index (χ3n) is 0.712. The quantitative estimate of drug-likeness (QED) is 0.299. The molecule has 0 aliphatic rings. The lowest BCUT2D eigenvalue weighted by molar-refractivity contribution is -0.325. The molecule has 0 nitrogen and oxygen atoms in total. The van der Waals surface area contributed by atoms with E-state index in [1.165, 1.54) is 15.9 Å². The monoisotopic (exact) mass is 444 g/mol. The van der Waals surface area contributed by atoms with Crippen molar-refractivity contribution in [2.45, 2.75) is 21.1 Å². The van der Waals surface area contributed by atoms with Gasteiger partial charge in [-0.2, -0.15) is 43.9 Å². The molecule has 0 N–H and O–H groups in total. The van der Waals surface area contributed by atoms with E-state index >= 15 is 0 Å². The molecule has 0 aliphatic carbocycles. The van der Waals surface area contributed by atoms with Crippen LogP contribution in [0.1, 0.15) is 0 Å². The Bertz CT molecular complexity index is 188. The minimum atomic E-state index is -6.21. The van der Waals surface area contributed by atoms with Gasteiger partial charge in [-0.1, -0.05) is 0 Å². The lowest BCUT2D eigenvalue weighted by Gasteiger charge is -2.23. The van der Waals surface area contributed by atoms with E-state index in [-0.39, 0.29) is 22.6 Å². The second-order valence-corrected chi connectivity index (χ2v) is 4.25. The molecule has 12 heteroatoms. The molecule has 0 aromatic rings. The fraction of sp³-hybridized carbons (Fsp3) is 1.00. The van der Waals surface area contributed by atoms with E-state index in [0.717, 1.165) is 0 Å². The van der Waals surface area contributed by atoms with E-state index < -0.39 is 21.1 Å². The minimum absolute atomic E-state index is 0.259. The Balaban J connectivity index is 0. The summed E-state index contributed by atoms with van der Waals surface area (Å²) in [6.07, 6.45) is -6.21. The zero-order valence-electron chi connectivity index (χ0n) is 6.54. The highest BCUT2D eigenvalue weighted by atomic mass is 127. The van der Waals surface area contributed by atoms with Crippen molar-refractivity contribution in [1.82, 2.24) is 0 Å². The van der Waals surface area contributed by atoms with Crippen molar-refractivity contribution in [2.24, 2.45) is 0 Å². The summed E-state index contributed by atoms with van der Waals surface area (Å²) >= 11 is 1.12. The van der Waals surface area contributed by atoms with Gasteiger partial charge < -0.3 is 0 Å². The molecule has 0 aliphatic heterocycles. The van der Waals surface area contributed by atoms with E-state index in [9.17, 15) is 43.9 Å². The van der Waals surface area contributed by atoms with Gasteiger partial charge >= 0.3 is 21.1 Å². The van der Waals surface area contributed by atoms with Crippen LogP contribution in [0.3, 0.4) is 0 Å². The molecule has 0 atom stereocenters. The molecule has 0 bridgehead atoms. The smallest absolute Gasteiger partial charge is 0.188 e.